The van der Waals surface area contributed by atoms with Crippen LogP contribution in [0.25, 0.3) is 0 Å². The summed E-state index contributed by atoms with van der Waals surface area (Å²) in [5.74, 6) is 0.0821. The van der Waals surface area contributed by atoms with Crippen LogP contribution in [0.4, 0.5) is 0 Å². The van der Waals surface area contributed by atoms with Crippen LogP contribution >= 0.6 is 11.3 Å². The normalized spacial score (nSPS) is 18.9. The highest BCUT2D eigenvalue weighted by atomic mass is 32.1. The van der Waals surface area contributed by atoms with Crippen molar-refractivity contribution < 1.29 is 14.7 Å². The first-order valence-corrected chi connectivity index (χ1v) is 8.74. The van der Waals surface area contributed by atoms with E-state index in [1.54, 1.807) is 24.3 Å². The third-order valence-electron chi connectivity index (χ3n) is 4.10. The molecule has 2 unspecified atom stereocenters. The molecule has 0 aliphatic heterocycles. The molecule has 24 heavy (non-hydrogen) atoms. The van der Waals surface area contributed by atoms with Crippen LogP contribution in [0.1, 0.15) is 36.9 Å². The van der Waals surface area contributed by atoms with E-state index in [0.717, 1.165) is 16.2 Å². The zero-order chi connectivity index (χ0) is 17.1. The lowest BCUT2D eigenvalue weighted by atomic mass is 10.1. The van der Waals surface area contributed by atoms with Gasteiger partial charge >= 0.3 is 0 Å². The fourth-order valence-corrected chi connectivity index (χ4v) is 3.35. The van der Waals surface area contributed by atoms with Gasteiger partial charge in [0, 0.05) is 23.0 Å². The van der Waals surface area contributed by atoms with Gasteiger partial charge in [0.25, 0.3) is 11.8 Å². The van der Waals surface area contributed by atoms with Crippen LogP contribution in [0.15, 0.2) is 36.4 Å². The molecule has 2 aromatic rings. The van der Waals surface area contributed by atoms with Gasteiger partial charge in [0.15, 0.2) is 0 Å². The van der Waals surface area contributed by atoms with E-state index in [0.29, 0.717) is 17.7 Å². The van der Waals surface area contributed by atoms with E-state index in [1.165, 1.54) is 11.3 Å². The molecule has 3 rings (SSSR count). The third-order valence-corrected chi connectivity index (χ3v) is 5.10. The van der Waals surface area contributed by atoms with Crippen LogP contribution in [0, 0.1) is 12.8 Å². The summed E-state index contributed by atoms with van der Waals surface area (Å²) >= 11 is 1.48. The number of carbonyl (C=O) groups is 2. The van der Waals surface area contributed by atoms with Crippen molar-refractivity contribution in [1.82, 2.24) is 10.6 Å². The van der Waals surface area contributed by atoms with Gasteiger partial charge in [0.1, 0.15) is 0 Å². The largest absolute Gasteiger partial charge is 0.392 e. The summed E-state index contributed by atoms with van der Waals surface area (Å²) < 4.78 is 0. The molecular weight excluding hydrogens is 324 g/mol. The van der Waals surface area contributed by atoms with Crippen molar-refractivity contribution in [2.24, 2.45) is 5.92 Å². The average Bonchev–Trinajstić information content (AvgIpc) is 3.18. The maximum atomic E-state index is 12.1. The maximum absolute atomic E-state index is 12.1. The monoisotopic (exact) mass is 344 g/mol. The second-order valence-corrected chi connectivity index (χ2v) is 7.34. The highest BCUT2D eigenvalue weighted by Gasteiger charge is 2.38. The molecule has 1 heterocycles. The Kier molecular flexibility index (Phi) is 4.97. The third kappa shape index (κ3) is 4.01. The molecule has 3 N–H and O–H groups in total. The molecule has 1 saturated carbocycles. The minimum absolute atomic E-state index is 0.0393. The zero-order valence-corrected chi connectivity index (χ0v) is 14.2. The molecule has 5 nitrogen and oxygen atoms in total. The van der Waals surface area contributed by atoms with Crippen molar-refractivity contribution in [3.8, 4) is 0 Å². The van der Waals surface area contributed by atoms with E-state index in [9.17, 15) is 9.59 Å². The smallest absolute Gasteiger partial charge is 0.261 e. The van der Waals surface area contributed by atoms with Gasteiger partial charge in [-0.25, -0.2) is 0 Å². The van der Waals surface area contributed by atoms with Crippen molar-refractivity contribution >= 4 is 23.2 Å². The Morgan fingerprint density at radius 2 is 2.08 bits per heavy atom. The van der Waals surface area contributed by atoms with Crippen molar-refractivity contribution in [2.45, 2.75) is 26.0 Å². The molecule has 1 fully saturated rings. The Morgan fingerprint density at radius 3 is 2.79 bits per heavy atom. The molecule has 2 atom stereocenters. The summed E-state index contributed by atoms with van der Waals surface area (Å²) in [5.41, 5.74) is 1.25. The van der Waals surface area contributed by atoms with Crippen LogP contribution in [0.3, 0.4) is 0 Å². The topological polar surface area (TPSA) is 78.4 Å². The summed E-state index contributed by atoms with van der Waals surface area (Å²) in [6.45, 7) is 2.43. The van der Waals surface area contributed by atoms with Gasteiger partial charge in [-0.15, -0.1) is 11.3 Å². The number of nitrogens with one attached hydrogen (secondary N) is 2. The summed E-state index contributed by atoms with van der Waals surface area (Å²) in [6.07, 6.45) is 0.882. The zero-order valence-electron chi connectivity index (χ0n) is 13.4. The van der Waals surface area contributed by atoms with Gasteiger partial charge in [-0.2, -0.15) is 0 Å². The molecule has 0 spiro atoms. The number of thiophene rings is 1. The van der Waals surface area contributed by atoms with Gasteiger partial charge in [0.05, 0.1) is 11.5 Å². The lowest BCUT2D eigenvalue weighted by Gasteiger charge is -2.07. The van der Waals surface area contributed by atoms with Crippen LogP contribution in [-0.4, -0.2) is 29.5 Å². The van der Waals surface area contributed by atoms with Crippen LogP contribution in [0.2, 0.25) is 0 Å². The molecule has 1 aliphatic carbocycles. The first-order chi connectivity index (χ1) is 11.6. The van der Waals surface area contributed by atoms with Crippen LogP contribution in [-0.2, 0) is 6.61 Å². The summed E-state index contributed by atoms with van der Waals surface area (Å²) in [7, 11) is 0. The Labute approximate surface area is 144 Å². The fourth-order valence-electron chi connectivity index (χ4n) is 2.58. The minimum Gasteiger partial charge on any atom is -0.392 e. The number of benzene rings is 1. The van der Waals surface area contributed by atoms with Gasteiger partial charge in [-0.1, -0.05) is 12.1 Å². The molecule has 0 radical (unpaired) electrons. The molecule has 0 bridgehead atoms. The molecule has 2 amide bonds. The number of aliphatic hydroxyl groups excluding tert-OH is 1. The highest BCUT2D eigenvalue weighted by Crippen LogP contribution is 2.30. The number of hydrogen-bond acceptors (Lipinski definition) is 4. The molecule has 1 aromatic carbocycles. The van der Waals surface area contributed by atoms with Crippen LogP contribution in [0.5, 0.6) is 0 Å². The SMILES string of the molecule is Cc1ccc(C(=O)NC2CC2CNC(=O)c2cccc(CO)c2)s1. The van der Waals surface area contributed by atoms with E-state index in [2.05, 4.69) is 10.6 Å². The second-order valence-electron chi connectivity index (χ2n) is 6.05. The van der Waals surface area contributed by atoms with Gasteiger partial charge in [0.2, 0.25) is 0 Å². The molecule has 126 valence electrons. The predicted molar refractivity (Wildman–Crippen MR) is 93.1 cm³/mol. The molecule has 0 saturated heterocycles. The Hall–Kier alpha value is -2.18. The van der Waals surface area contributed by atoms with E-state index >= 15 is 0 Å². The van der Waals surface area contributed by atoms with Gasteiger partial charge in [-0.3, -0.25) is 9.59 Å². The Morgan fingerprint density at radius 1 is 1.25 bits per heavy atom. The van der Waals surface area contributed by atoms with Crippen LogP contribution < -0.4 is 10.6 Å². The predicted octanol–water partition coefficient (Wildman–Crippen LogP) is 2.10. The van der Waals surface area contributed by atoms with E-state index < -0.39 is 0 Å². The number of amides is 2. The number of aliphatic hydroxyl groups is 1. The van der Waals surface area contributed by atoms with E-state index in [1.807, 2.05) is 19.1 Å². The van der Waals surface area contributed by atoms with Crippen molar-refractivity contribution in [3.05, 3.63) is 57.3 Å². The lowest BCUT2D eigenvalue weighted by molar-refractivity contribution is 0.0951. The van der Waals surface area contributed by atoms with Crippen molar-refractivity contribution in [3.63, 3.8) is 0 Å². The summed E-state index contributed by atoms with van der Waals surface area (Å²) in [6, 6.07) is 10.8. The van der Waals surface area contributed by atoms with E-state index in [4.69, 9.17) is 5.11 Å². The first-order valence-electron chi connectivity index (χ1n) is 7.92. The second kappa shape index (κ2) is 7.15. The Bertz CT molecular complexity index is 756. The lowest BCUT2D eigenvalue weighted by Crippen LogP contribution is -2.30. The average molecular weight is 344 g/mol. The van der Waals surface area contributed by atoms with Gasteiger partial charge in [-0.05, 0) is 49.1 Å². The number of aryl methyl sites for hydroxylation is 1. The molecular formula is C18H20N2O3S. The first kappa shape index (κ1) is 16.7. The van der Waals surface area contributed by atoms with Crippen molar-refractivity contribution in [2.75, 3.05) is 6.54 Å². The highest BCUT2D eigenvalue weighted by molar-refractivity contribution is 7.13. The number of carbonyl (C=O) groups excluding carboxylic acids is 2. The van der Waals surface area contributed by atoms with Gasteiger partial charge < -0.3 is 15.7 Å². The Balaban J connectivity index is 1.45. The van der Waals surface area contributed by atoms with Crippen molar-refractivity contribution in [1.29, 1.82) is 0 Å². The molecule has 1 aliphatic rings. The van der Waals surface area contributed by atoms with E-state index in [-0.39, 0.29) is 30.4 Å². The molecule has 1 aromatic heterocycles. The minimum atomic E-state index is -0.156. The standard InChI is InChI=1S/C18H20N2O3S/c1-11-5-6-16(24-11)18(23)20-15-8-14(15)9-19-17(22)13-4-2-3-12(7-13)10-21/h2-7,14-15,21H,8-10H2,1H3,(H,19,22)(H,20,23). The fraction of sp³-hybridized carbons (Fsp3) is 0.333. The quantitative estimate of drug-likeness (QED) is 0.751. The number of rotatable bonds is 6. The summed E-state index contributed by atoms with van der Waals surface area (Å²) in [4.78, 5) is 26.0. The summed E-state index contributed by atoms with van der Waals surface area (Å²) in [5, 5.41) is 15.0. The number of hydrogen-bond donors (Lipinski definition) is 3. The maximum Gasteiger partial charge on any atom is 0.261 e. The molecule has 6 heteroatoms.